The summed E-state index contributed by atoms with van der Waals surface area (Å²) in [4.78, 5) is 4.22. The lowest BCUT2D eigenvalue weighted by Crippen LogP contribution is -2.47. The molecule has 0 bridgehead atoms. The van der Waals surface area contributed by atoms with Crippen LogP contribution in [0.1, 0.15) is 0 Å². The summed E-state index contributed by atoms with van der Waals surface area (Å²) in [6, 6.07) is 0. The van der Waals surface area contributed by atoms with Gasteiger partial charge in [0.2, 0.25) is 0 Å². The summed E-state index contributed by atoms with van der Waals surface area (Å²) in [7, 11) is 7.55. The van der Waals surface area contributed by atoms with Gasteiger partial charge in [-0.15, -0.1) is 0 Å². The van der Waals surface area contributed by atoms with Crippen molar-refractivity contribution in [3.8, 4) is 0 Å². The van der Waals surface area contributed by atoms with E-state index in [1.165, 1.54) is 0 Å². The standard InChI is InChI=1S/C6H14BN3/c1-8-6-9-2-4-10(7)5-3-9/h8H,2-6H2,1H3. The first-order valence-electron chi connectivity index (χ1n) is 3.69. The van der Waals surface area contributed by atoms with Gasteiger partial charge in [-0.25, -0.2) is 0 Å². The van der Waals surface area contributed by atoms with Gasteiger partial charge in [-0.05, 0) is 20.1 Å². The van der Waals surface area contributed by atoms with Crippen LogP contribution in [0.15, 0.2) is 0 Å². The zero-order chi connectivity index (χ0) is 7.40. The van der Waals surface area contributed by atoms with Crippen molar-refractivity contribution in [2.75, 3.05) is 39.9 Å². The molecule has 0 saturated carbocycles. The van der Waals surface area contributed by atoms with E-state index >= 15 is 0 Å². The molecule has 1 saturated heterocycles. The van der Waals surface area contributed by atoms with Gasteiger partial charge in [-0.3, -0.25) is 4.90 Å². The largest absolute Gasteiger partial charge is 0.351 e. The summed E-state index contributed by atoms with van der Waals surface area (Å²) in [5.74, 6) is 0. The molecule has 1 heterocycles. The van der Waals surface area contributed by atoms with Crippen LogP contribution in [0.3, 0.4) is 0 Å². The number of rotatable bonds is 2. The van der Waals surface area contributed by atoms with Crippen molar-refractivity contribution in [2.45, 2.75) is 0 Å². The average molecular weight is 139 g/mol. The molecule has 1 N–H and O–H groups in total. The summed E-state index contributed by atoms with van der Waals surface area (Å²) < 4.78 is 0. The highest BCUT2D eigenvalue weighted by molar-refractivity contribution is 6.04. The van der Waals surface area contributed by atoms with Crippen LogP contribution < -0.4 is 5.32 Å². The molecule has 10 heavy (non-hydrogen) atoms. The molecule has 1 rings (SSSR count). The van der Waals surface area contributed by atoms with Crippen LogP contribution in [-0.4, -0.2) is 57.6 Å². The molecule has 2 radical (unpaired) electrons. The van der Waals surface area contributed by atoms with E-state index in [9.17, 15) is 0 Å². The van der Waals surface area contributed by atoms with E-state index in [2.05, 4.69) is 10.2 Å². The minimum Gasteiger partial charge on any atom is -0.351 e. The molecule has 4 heteroatoms. The first kappa shape index (κ1) is 8.05. The van der Waals surface area contributed by atoms with Gasteiger partial charge < -0.3 is 10.1 Å². The minimum atomic E-state index is 0.980. The lowest BCUT2D eigenvalue weighted by Gasteiger charge is -2.32. The lowest BCUT2D eigenvalue weighted by molar-refractivity contribution is 0.183. The quantitative estimate of drug-likeness (QED) is 0.488. The van der Waals surface area contributed by atoms with E-state index in [0.29, 0.717) is 0 Å². The molecule has 0 aliphatic carbocycles. The lowest BCUT2D eigenvalue weighted by atomic mass is 10.2. The summed E-state index contributed by atoms with van der Waals surface area (Å²) in [5.41, 5.74) is 0. The van der Waals surface area contributed by atoms with Gasteiger partial charge in [0.25, 0.3) is 0 Å². The second-order valence-electron chi connectivity index (χ2n) is 2.67. The zero-order valence-corrected chi connectivity index (χ0v) is 6.51. The van der Waals surface area contributed by atoms with Gasteiger partial charge in [0.05, 0.1) is 0 Å². The summed E-state index contributed by atoms with van der Waals surface area (Å²) >= 11 is 0. The third-order valence-corrected chi connectivity index (χ3v) is 1.79. The maximum Gasteiger partial charge on any atom is 0.182 e. The molecular formula is C6H14BN3. The first-order chi connectivity index (χ1) is 4.83. The van der Waals surface area contributed by atoms with E-state index < -0.39 is 0 Å². The second kappa shape index (κ2) is 3.96. The van der Waals surface area contributed by atoms with Gasteiger partial charge >= 0.3 is 0 Å². The Balaban J connectivity index is 2.13. The number of hydrogen-bond acceptors (Lipinski definition) is 3. The Morgan fingerprint density at radius 1 is 1.30 bits per heavy atom. The molecule has 0 aromatic rings. The van der Waals surface area contributed by atoms with Crippen LogP contribution in [0.4, 0.5) is 0 Å². The molecule has 0 unspecified atom stereocenters. The Morgan fingerprint density at radius 2 is 1.90 bits per heavy atom. The molecule has 56 valence electrons. The minimum absolute atomic E-state index is 0.980. The highest BCUT2D eigenvalue weighted by Gasteiger charge is 2.11. The fourth-order valence-electron chi connectivity index (χ4n) is 1.15. The van der Waals surface area contributed by atoms with Crippen LogP contribution in [-0.2, 0) is 0 Å². The van der Waals surface area contributed by atoms with Gasteiger partial charge in [-0.1, -0.05) is 0 Å². The Labute approximate surface area is 63.8 Å². The van der Waals surface area contributed by atoms with E-state index in [0.717, 1.165) is 32.8 Å². The van der Waals surface area contributed by atoms with E-state index in [1.807, 2.05) is 11.9 Å². The van der Waals surface area contributed by atoms with E-state index in [-0.39, 0.29) is 0 Å². The van der Waals surface area contributed by atoms with Crippen LogP contribution in [0.25, 0.3) is 0 Å². The van der Waals surface area contributed by atoms with Crippen molar-refractivity contribution in [1.29, 1.82) is 0 Å². The normalized spacial score (nSPS) is 23.3. The molecule has 3 nitrogen and oxygen atoms in total. The Kier molecular flexibility index (Phi) is 3.18. The SMILES string of the molecule is [B]N1CCN(CNC)CC1. The third-order valence-electron chi connectivity index (χ3n) is 1.79. The fourth-order valence-corrected chi connectivity index (χ4v) is 1.15. The molecule has 0 spiro atoms. The number of nitrogens with one attached hydrogen (secondary N) is 1. The predicted octanol–water partition coefficient (Wildman–Crippen LogP) is -1.14. The van der Waals surface area contributed by atoms with Crippen molar-refractivity contribution in [3.05, 3.63) is 0 Å². The van der Waals surface area contributed by atoms with E-state index in [4.69, 9.17) is 7.98 Å². The Hall–Kier alpha value is -0.0551. The van der Waals surface area contributed by atoms with Gasteiger partial charge in [0.15, 0.2) is 7.98 Å². The van der Waals surface area contributed by atoms with Crippen molar-refractivity contribution in [2.24, 2.45) is 0 Å². The predicted molar refractivity (Wildman–Crippen MR) is 42.8 cm³/mol. The Morgan fingerprint density at radius 3 is 2.40 bits per heavy atom. The topological polar surface area (TPSA) is 18.5 Å². The van der Waals surface area contributed by atoms with Gasteiger partial charge in [0, 0.05) is 19.8 Å². The second-order valence-corrected chi connectivity index (χ2v) is 2.67. The van der Waals surface area contributed by atoms with E-state index in [1.54, 1.807) is 0 Å². The average Bonchev–Trinajstić information content (AvgIpc) is 1.95. The monoisotopic (exact) mass is 139 g/mol. The third kappa shape index (κ3) is 2.29. The molecule has 1 aliphatic heterocycles. The van der Waals surface area contributed by atoms with Crippen molar-refractivity contribution >= 4 is 7.98 Å². The maximum absolute atomic E-state index is 5.58. The number of nitrogens with zero attached hydrogens (tertiary/aromatic N) is 2. The summed E-state index contributed by atoms with van der Waals surface area (Å²) in [6.45, 7) is 5.12. The number of piperazine rings is 1. The van der Waals surface area contributed by atoms with Crippen LogP contribution >= 0.6 is 0 Å². The molecule has 0 atom stereocenters. The first-order valence-corrected chi connectivity index (χ1v) is 3.69. The van der Waals surface area contributed by atoms with Crippen molar-refractivity contribution in [1.82, 2.24) is 15.0 Å². The molecule has 1 aliphatic rings. The molecule has 0 amide bonds. The van der Waals surface area contributed by atoms with Crippen LogP contribution in [0.2, 0.25) is 0 Å². The highest BCUT2D eigenvalue weighted by atomic mass is 15.3. The van der Waals surface area contributed by atoms with Gasteiger partial charge in [-0.2, -0.15) is 0 Å². The van der Waals surface area contributed by atoms with Crippen LogP contribution in [0, 0.1) is 0 Å². The van der Waals surface area contributed by atoms with Crippen LogP contribution in [0.5, 0.6) is 0 Å². The zero-order valence-electron chi connectivity index (χ0n) is 6.51. The maximum atomic E-state index is 5.58. The Bertz CT molecular complexity index is 91.0. The van der Waals surface area contributed by atoms with Crippen molar-refractivity contribution in [3.63, 3.8) is 0 Å². The number of hydrogen-bond donors (Lipinski definition) is 1. The van der Waals surface area contributed by atoms with Gasteiger partial charge in [0.1, 0.15) is 0 Å². The molecule has 1 fully saturated rings. The fraction of sp³-hybridized carbons (Fsp3) is 1.00. The molecular weight excluding hydrogens is 125 g/mol. The summed E-state index contributed by atoms with van der Waals surface area (Å²) in [5, 5.41) is 3.12. The van der Waals surface area contributed by atoms with Crippen molar-refractivity contribution < 1.29 is 0 Å². The summed E-state index contributed by atoms with van der Waals surface area (Å²) in [6.07, 6.45) is 0. The smallest absolute Gasteiger partial charge is 0.182 e. The highest BCUT2D eigenvalue weighted by Crippen LogP contribution is 1.95. The molecule has 0 aromatic heterocycles. The molecule has 0 aromatic carbocycles.